The molecule has 0 bridgehead atoms. The monoisotopic (exact) mass is 486 g/mol. The molecule has 0 aromatic carbocycles. The molecule has 0 heterocycles. The van der Waals surface area contributed by atoms with Gasteiger partial charge in [0.15, 0.2) is 0 Å². The molecule has 0 aromatic rings. The normalized spacial score (nSPS) is 7.86. The molecule has 0 saturated carbocycles. The number of carbonyl (C=O) groups excluding carboxylic acids is 8. The molecular weight excluding hydrogens is 459 g/mol. The molecule has 0 unspecified atom stereocenters. The van der Waals surface area contributed by atoms with Gasteiger partial charge in [0.05, 0.1) is 0 Å². The third-order valence-corrected chi connectivity index (χ3v) is 1.78. The molecule has 0 spiro atoms. The second-order valence-corrected chi connectivity index (χ2v) is 5.67. The van der Waals surface area contributed by atoms with Gasteiger partial charge in [0.2, 0.25) is 0 Å². The van der Waals surface area contributed by atoms with E-state index in [0.717, 1.165) is 0 Å². The van der Waals surface area contributed by atoms with Crippen LogP contribution in [0.3, 0.4) is 0 Å². The van der Waals surface area contributed by atoms with E-state index in [4.69, 9.17) is 0 Å². The van der Waals surface area contributed by atoms with Gasteiger partial charge in [0, 0.05) is 48.8 Å². The van der Waals surface area contributed by atoms with Gasteiger partial charge in [-0.15, -0.1) is 0 Å². The third kappa shape index (κ3) is 76.9. The van der Waals surface area contributed by atoms with Crippen molar-refractivity contribution in [3.05, 3.63) is 27.7 Å². The maximum absolute atomic E-state index is 9.99. The summed E-state index contributed by atoms with van der Waals surface area (Å²) in [6.07, 6.45) is -0.111. The van der Waals surface area contributed by atoms with E-state index in [2.05, 4.69) is 27.7 Å². The van der Waals surface area contributed by atoms with Crippen molar-refractivity contribution in [1.29, 1.82) is 0 Å². The molecule has 0 rings (SSSR count). The molecule has 0 fully saturated rings. The van der Waals surface area contributed by atoms with Gasteiger partial charge in [0.25, 0.3) is 0 Å². The Morgan fingerprint density at radius 1 is 0.414 bits per heavy atom. The molecule has 0 aliphatic heterocycles. The standard InChI is InChI=1S/4C5H7O2.Zr/c4*1-4(6)3-5(2)7;/h4*1,3H2,2H3;/q4*-1;+4. The van der Waals surface area contributed by atoms with E-state index in [0.29, 0.717) is 0 Å². The zero-order valence-electron chi connectivity index (χ0n) is 17.4. The van der Waals surface area contributed by atoms with Gasteiger partial charge in [0.1, 0.15) is 23.1 Å². The number of carbonyl (C=O) groups is 8. The quantitative estimate of drug-likeness (QED) is 0.371. The van der Waals surface area contributed by atoms with Crippen LogP contribution in [0.5, 0.6) is 0 Å². The van der Waals surface area contributed by atoms with Crippen molar-refractivity contribution in [3.63, 3.8) is 0 Å². The predicted molar refractivity (Wildman–Crippen MR) is 103 cm³/mol. The summed E-state index contributed by atoms with van der Waals surface area (Å²) in [5.74, 6) is -1.75. The first-order valence-corrected chi connectivity index (χ1v) is 7.88. The minimum Gasteiger partial charge on any atom is -0.339 e. The molecule has 0 amide bonds. The Kier molecular flexibility index (Phi) is 30.7. The smallest absolute Gasteiger partial charge is 0.339 e. The Morgan fingerprint density at radius 3 is 0.517 bits per heavy atom. The molecule has 0 aliphatic rings. The summed E-state index contributed by atoms with van der Waals surface area (Å²) in [6.45, 7) is 17.5. The SMILES string of the molecule is [CH2-]C(=O)CC(C)=O.[CH2-]C(=O)CC(C)=O.[CH2-]C(=O)CC(C)=O.[CH2-]C(=O)CC(C)=O.[Zr+4]. The maximum Gasteiger partial charge on any atom is 4.00 e. The molecule has 0 atom stereocenters. The van der Waals surface area contributed by atoms with E-state index in [1.54, 1.807) is 0 Å². The van der Waals surface area contributed by atoms with E-state index >= 15 is 0 Å². The van der Waals surface area contributed by atoms with E-state index in [1.165, 1.54) is 27.7 Å². The summed E-state index contributed by atoms with van der Waals surface area (Å²) in [4.78, 5) is 79.7. The van der Waals surface area contributed by atoms with E-state index < -0.39 is 0 Å². The van der Waals surface area contributed by atoms with Crippen molar-refractivity contribution < 1.29 is 64.6 Å². The van der Waals surface area contributed by atoms with Gasteiger partial charge in [-0.3, -0.25) is 19.2 Å². The summed E-state index contributed by atoms with van der Waals surface area (Å²) in [5.41, 5.74) is 0. The van der Waals surface area contributed by atoms with Gasteiger partial charge < -0.3 is 46.9 Å². The minimum absolute atomic E-state index is 0. The first kappa shape index (κ1) is 37.5. The van der Waals surface area contributed by atoms with Crippen LogP contribution in [-0.2, 0) is 64.6 Å². The van der Waals surface area contributed by atoms with Crippen molar-refractivity contribution in [2.24, 2.45) is 0 Å². The number of Topliss-reactive ketones (excluding diaryl/α,β-unsaturated/α-hetero) is 8. The maximum atomic E-state index is 9.99. The minimum atomic E-state index is -0.312. The molecular formula is C20H28O8Zr. The molecule has 160 valence electrons. The summed E-state index contributed by atoms with van der Waals surface area (Å²) >= 11 is 0. The fourth-order valence-electron chi connectivity index (χ4n) is 1.11. The van der Waals surface area contributed by atoms with Crippen LogP contribution >= 0.6 is 0 Å². The number of rotatable bonds is 8. The molecule has 0 aliphatic carbocycles. The molecule has 29 heavy (non-hydrogen) atoms. The molecule has 9 heteroatoms. The summed E-state index contributed by atoms with van der Waals surface area (Å²) in [6, 6.07) is 0. The van der Waals surface area contributed by atoms with Crippen LogP contribution in [0.2, 0.25) is 0 Å². The Morgan fingerprint density at radius 2 is 0.517 bits per heavy atom. The first-order valence-electron chi connectivity index (χ1n) is 7.88. The molecule has 0 radical (unpaired) electrons. The van der Waals surface area contributed by atoms with E-state index in [9.17, 15) is 38.4 Å². The van der Waals surface area contributed by atoms with E-state index in [1.807, 2.05) is 0 Å². The molecule has 0 N–H and O–H groups in total. The number of hydrogen-bond donors (Lipinski definition) is 0. The fraction of sp³-hybridized carbons (Fsp3) is 0.400. The second-order valence-electron chi connectivity index (χ2n) is 5.67. The van der Waals surface area contributed by atoms with Crippen molar-refractivity contribution >= 4 is 46.3 Å². The second kappa shape index (κ2) is 23.8. The average Bonchev–Trinajstić information content (AvgIpc) is 2.32. The van der Waals surface area contributed by atoms with Crippen molar-refractivity contribution in [3.8, 4) is 0 Å². The summed E-state index contributed by atoms with van der Waals surface area (Å²) in [5, 5.41) is 0. The molecule has 8 nitrogen and oxygen atoms in total. The number of ketones is 8. The van der Waals surface area contributed by atoms with Crippen LogP contribution in [0.1, 0.15) is 53.4 Å². The van der Waals surface area contributed by atoms with Crippen LogP contribution in [0.4, 0.5) is 0 Å². The van der Waals surface area contributed by atoms with Crippen LogP contribution in [0.25, 0.3) is 0 Å². The van der Waals surface area contributed by atoms with Gasteiger partial charge in [-0.1, -0.05) is 0 Å². The van der Waals surface area contributed by atoms with Crippen LogP contribution in [0, 0.1) is 27.7 Å². The zero-order chi connectivity index (χ0) is 23.4. The van der Waals surface area contributed by atoms with Gasteiger partial charge in [-0.25, -0.2) is 0 Å². The predicted octanol–water partition coefficient (Wildman–Crippen LogP) is 1.47. The fourth-order valence-corrected chi connectivity index (χ4v) is 1.11. The van der Waals surface area contributed by atoms with E-state index in [-0.39, 0.29) is 98.2 Å². The Balaban J connectivity index is -0.0000000873. The summed E-state index contributed by atoms with van der Waals surface area (Å²) in [7, 11) is 0. The van der Waals surface area contributed by atoms with Crippen LogP contribution in [0.15, 0.2) is 0 Å². The van der Waals surface area contributed by atoms with Gasteiger partial charge >= 0.3 is 26.2 Å². The van der Waals surface area contributed by atoms with Gasteiger partial charge in [-0.05, 0) is 27.7 Å². The van der Waals surface area contributed by atoms with Crippen molar-refractivity contribution in [1.82, 2.24) is 0 Å². The zero-order valence-corrected chi connectivity index (χ0v) is 19.9. The topological polar surface area (TPSA) is 137 Å². The Hall–Kier alpha value is -2.28. The van der Waals surface area contributed by atoms with Crippen molar-refractivity contribution in [2.45, 2.75) is 53.4 Å². The summed E-state index contributed by atoms with van der Waals surface area (Å²) < 4.78 is 0. The molecule has 0 aromatic heterocycles. The average molecular weight is 488 g/mol. The first-order chi connectivity index (χ1) is 12.5. The largest absolute Gasteiger partial charge is 4.00 e. The third-order valence-electron chi connectivity index (χ3n) is 1.78. The van der Waals surface area contributed by atoms with Gasteiger partial charge in [-0.2, -0.15) is 0 Å². The number of hydrogen-bond acceptors (Lipinski definition) is 8. The Bertz CT molecular complexity index is 439. The van der Waals surface area contributed by atoms with Crippen LogP contribution < -0.4 is 0 Å². The Labute approximate surface area is 191 Å². The van der Waals surface area contributed by atoms with Crippen LogP contribution in [-0.4, -0.2) is 46.3 Å². The molecule has 0 saturated heterocycles. The van der Waals surface area contributed by atoms with Crippen molar-refractivity contribution in [2.75, 3.05) is 0 Å².